The smallest absolute Gasteiger partial charge is 0.0809 e. The minimum absolute atomic E-state index is 0.153. The number of allylic oxidation sites excluding steroid dienone is 7. The molecule has 3 aliphatic carbocycles. The third-order valence-corrected chi connectivity index (χ3v) is 8.08. The predicted molar refractivity (Wildman–Crippen MR) is 133 cm³/mol. The van der Waals surface area contributed by atoms with E-state index < -0.39 is 17.8 Å². The topological polar surface area (TPSA) is 60.7 Å². The standard InChI is InChI=1S/C29H44O3/c1-20(10-8-16-28(3,4)32)24-12-6-7-13-25-23(11-9-17-29(24,25)5)15-14-22-18-26(30)21(2)27(31)19-22/h6-7,12,14-15,20,25-27,30-32H,2,8-11,13,16-19H2,1,3-5H3/b23-15+/t20-,25+,26-,27-,29-/m1/s1. The molecule has 0 amide bonds. The van der Waals surface area contributed by atoms with Crippen molar-refractivity contribution in [2.45, 2.75) is 103 Å². The van der Waals surface area contributed by atoms with Crippen LogP contribution in [0.5, 0.6) is 0 Å². The zero-order valence-electron chi connectivity index (χ0n) is 20.6. The monoisotopic (exact) mass is 440 g/mol. The Kier molecular flexibility index (Phi) is 8.06. The zero-order valence-corrected chi connectivity index (χ0v) is 20.6. The Labute approximate surface area is 195 Å². The second-order valence-corrected chi connectivity index (χ2v) is 11.3. The van der Waals surface area contributed by atoms with Crippen molar-refractivity contribution in [1.29, 1.82) is 0 Å². The van der Waals surface area contributed by atoms with E-state index >= 15 is 0 Å². The fourth-order valence-electron chi connectivity index (χ4n) is 6.10. The molecule has 0 heterocycles. The molecule has 3 N–H and O–H groups in total. The maximum atomic E-state index is 10.2. The number of rotatable bonds is 6. The average molecular weight is 441 g/mol. The molecule has 0 saturated heterocycles. The van der Waals surface area contributed by atoms with Crippen molar-refractivity contribution >= 4 is 0 Å². The highest BCUT2D eigenvalue weighted by atomic mass is 16.3. The number of fused-ring (bicyclic) bond motifs is 1. The lowest BCUT2D eigenvalue weighted by atomic mass is 9.58. The minimum atomic E-state index is -0.639. The molecule has 3 rings (SSSR count). The van der Waals surface area contributed by atoms with Crippen LogP contribution in [0.15, 0.2) is 59.3 Å². The summed E-state index contributed by atoms with van der Waals surface area (Å²) in [5, 5.41) is 30.5. The Bertz CT molecular complexity index is 791. The first-order chi connectivity index (χ1) is 15.0. The van der Waals surface area contributed by atoms with Crippen LogP contribution in [0.2, 0.25) is 0 Å². The van der Waals surface area contributed by atoms with Gasteiger partial charge in [0, 0.05) is 0 Å². The quantitative estimate of drug-likeness (QED) is 0.432. The van der Waals surface area contributed by atoms with Gasteiger partial charge in [0.2, 0.25) is 0 Å². The summed E-state index contributed by atoms with van der Waals surface area (Å²) in [5.41, 5.74) is 4.27. The molecule has 0 bridgehead atoms. The molecule has 0 unspecified atom stereocenters. The molecule has 3 heteroatoms. The van der Waals surface area contributed by atoms with Gasteiger partial charge in [0.25, 0.3) is 0 Å². The van der Waals surface area contributed by atoms with Crippen molar-refractivity contribution < 1.29 is 15.3 Å². The van der Waals surface area contributed by atoms with Crippen molar-refractivity contribution in [3.05, 3.63) is 59.3 Å². The van der Waals surface area contributed by atoms with E-state index in [1.807, 2.05) is 13.8 Å². The summed E-state index contributed by atoms with van der Waals surface area (Å²) in [5.74, 6) is 0.989. The van der Waals surface area contributed by atoms with Crippen LogP contribution in [-0.4, -0.2) is 33.1 Å². The first kappa shape index (κ1) is 25.2. The first-order valence-electron chi connectivity index (χ1n) is 12.5. The largest absolute Gasteiger partial charge is 0.390 e. The first-order valence-corrected chi connectivity index (χ1v) is 12.5. The van der Waals surface area contributed by atoms with Crippen molar-refractivity contribution in [1.82, 2.24) is 0 Å². The number of aliphatic hydroxyl groups is 3. The fourth-order valence-corrected chi connectivity index (χ4v) is 6.10. The lowest BCUT2D eigenvalue weighted by Gasteiger charge is -2.46. The van der Waals surface area contributed by atoms with Gasteiger partial charge in [0.15, 0.2) is 0 Å². The maximum Gasteiger partial charge on any atom is 0.0809 e. The van der Waals surface area contributed by atoms with E-state index in [1.165, 1.54) is 18.4 Å². The molecular weight excluding hydrogens is 396 g/mol. The maximum absolute atomic E-state index is 10.2. The molecule has 0 radical (unpaired) electrons. The summed E-state index contributed by atoms with van der Waals surface area (Å²) in [6.07, 6.45) is 18.8. The average Bonchev–Trinajstić information content (AvgIpc) is 2.88. The molecule has 178 valence electrons. The van der Waals surface area contributed by atoms with Crippen LogP contribution in [0.4, 0.5) is 0 Å². The van der Waals surface area contributed by atoms with Gasteiger partial charge in [0.05, 0.1) is 17.8 Å². The second-order valence-electron chi connectivity index (χ2n) is 11.3. The third-order valence-electron chi connectivity index (χ3n) is 8.08. The van der Waals surface area contributed by atoms with Crippen LogP contribution >= 0.6 is 0 Å². The molecule has 5 atom stereocenters. The molecule has 3 nitrogen and oxygen atoms in total. The van der Waals surface area contributed by atoms with Crippen molar-refractivity contribution in [2.75, 3.05) is 0 Å². The molecule has 32 heavy (non-hydrogen) atoms. The summed E-state index contributed by atoms with van der Waals surface area (Å²) in [7, 11) is 0. The Balaban J connectivity index is 1.79. The second kappa shape index (κ2) is 10.2. The van der Waals surface area contributed by atoms with E-state index in [4.69, 9.17) is 0 Å². The highest BCUT2D eigenvalue weighted by molar-refractivity contribution is 5.35. The summed E-state index contributed by atoms with van der Waals surface area (Å²) < 4.78 is 0. The van der Waals surface area contributed by atoms with Crippen LogP contribution in [0.1, 0.15) is 85.5 Å². The molecular formula is C29H44O3. The summed E-state index contributed by atoms with van der Waals surface area (Å²) >= 11 is 0. The summed E-state index contributed by atoms with van der Waals surface area (Å²) in [6.45, 7) is 12.4. The van der Waals surface area contributed by atoms with Crippen LogP contribution in [-0.2, 0) is 0 Å². The molecule has 0 aromatic heterocycles. The van der Waals surface area contributed by atoms with Gasteiger partial charge in [0.1, 0.15) is 0 Å². The van der Waals surface area contributed by atoms with E-state index in [0.29, 0.717) is 30.3 Å². The fraction of sp³-hybridized carbons (Fsp3) is 0.655. The van der Waals surface area contributed by atoms with E-state index in [1.54, 1.807) is 5.57 Å². The molecule has 3 aliphatic rings. The lowest BCUT2D eigenvalue weighted by Crippen LogP contribution is -2.36. The summed E-state index contributed by atoms with van der Waals surface area (Å²) in [4.78, 5) is 0. The van der Waals surface area contributed by atoms with Gasteiger partial charge in [-0.25, -0.2) is 0 Å². The summed E-state index contributed by atoms with van der Waals surface area (Å²) in [6, 6.07) is 0. The van der Waals surface area contributed by atoms with E-state index in [-0.39, 0.29) is 5.41 Å². The molecule has 0 spiro atoms. The van der Waals surface area contributed by atoms with Crippen molar-refractivity contribution in [2.24, 2.45) is 17.3 Å². The van der Waals surface area contributed by atoms with Gasteiger partial charge in [-0.1, -0.05) is 73.9 Å². The van der Waals surface area contributed by atoms with Gasteiger partial charge < -0.3 is 15.3 Å². The van der Waals surface area contributed by atoms with Crippen molar-refractivity contribution in [3.63, 3.8) is 0 Å². The van der Waals surface area contributed by atoms with Crippen molar-refractivity contribution in [3.8, 4) is 0 Å². The number of hydrogen-bond acceptors (Lipinski definition) is 3. The minimum Gasteiger partial charge on any atom is -0.390 e. The van der Waals surface area contributed by atoms with Crippen LogP contribution in [0.3, 0.4) is 0 Å². The van der Waals surface area contributed by atoms with Gasteiger partial charge in [-0.05, 0) is 88.0 Å². The lowest BCUT2D eigenvalue weighted by molar-refractivity contribution is 0.0669. The van der Waals surface area contributed by atoms with Crippen LogP contribution in [0, 0.1) is 17.3 Å². The van der Waals surface area contributed by atoms with Gasteiger partial charge in [-0.15, -0.1) is 0 Å². The van der Waals surface area contributed by atoms with E-state index in [9.17, 15) is 15.3 Å². The molecule has 0 aromatic carbocycles. The van der Waals surface area contributed by atoms with Crippen LogP contribution < -0.4 is 0 Å². The molecule has 2 saturated carbocycles. The molecule has 2 fully saturated rings. The number of aliphatic hydroxyl groups excluding tert-OH is 2. The van der Waals surface area contributed by atoms with Gasteiger partial charge >= 0.3 is 0 Å². The van der Waals surface area contributed by atoms with Gasteiger partial charge in [-0.3, -0.25) is 0 Å². The highest BCUT2D eigenvalue weighted by Gasteiger charge is 2.43. The number of hydrogen-bond donors (Lipinski definition) is 3. The third kappa shape index (κ3) is 5.92. The van der Waals surface area contributed by atoms with Gasteiger partial charge in [-0.2, -0.15) is 0 Å². The van der Waals surface area contributed by atoms with E-state index in [0.717, 1.165) is 37.7 Å². The Hall–Kier alpha value is -1.42. The predicted octanol–water partition coefficient (Wildman–Crippen LogP) is 6.18. The highest BCUT2D eigenvalue weighted by Crippen LogP contribution is 2.54. The molecule has 0 aliphatic heterocycles. The zero-order chi connectivity index (χ0) is 23.5. The molecule has 0 aromatic rings. The van der Waals surface area contributed by atoms with E-state index in [2.05, 4.69) is 50.8 Å². The SMILES string of the molecule is C=C1[C@H](O)CC(=C/C=C2\CCC[C@]3(C)C([C@H](C)CCCC(C)(C)O)=CC=CC[C@@H]23)C[C@H]1O. The Morgan fingerprint density at radius 3 is 2.56 bits per heavy atom. The Morgan fingerprint density at radius 2 is 1.91 bits per heavy atom. The van der Waals surface area contributed by atoms with Crippen LogP contribution in [0.25, 0.3) is 0 Å². The Morgan fingerprint density at radius 1 is 1.22 bits per heavy atom. The normalized spacial score (nSPS) is 33.5.